The molecule has 1 atom stereocenters. The fourth-order valence-corrected chi connectivity index (χ4v) is 5.84. The molecule has 160 valence electrons. The molecule has 0 bridgehead atoms. The first kappa shape index (κ1) is 20.2. The number of aromatic amines is 1. The number of ketones is 1. The molecule has 1 aliphatic rings. The molecule has 8 nitrogen and oxygen atoms in total. The highest BCUT2D eigenvalue weighted by molar-refractivity contribution is 7.99. The maximum atomic E-state index is 12.8. The van der Waals surface area contributed by atoms with Crippen LogP contribution in [0, 0.1) is 19.8 Å². The Labute approximate surface area is 187 Å². The molecule has 0 saturated heterocycles. The Kier molecular flexibility index (Phi) is 5.27. The summed E-state index contributed by atoms with van der Waals surface area (Å²) in [6.07, 6.45) is 4.92. The molecule has 0 aliphatic heterocycles. The smallest absolute Gasteiger partial charge is 0.277 e. The lowest BCUT2D eigenvalue weighted by molar-refractivity contribution is 0.102. The zero-order valence-corrected chi connectivity index (χ0v) is 19.1. The highest BCUT2D eigenvalue weighted by Crippen LogP contribution is 2.37. The number of nitrogens with zero attached hydrogens (tertiary/aromatic N) is 5. The number of thiophene rings is 1. The van der Waals surface area contributed by atoms with Crippen LogP contribution in [-0.4, -0.2) is 41.5 Å². The third kappa shape index (κ3) is 3.85. The molecule has 4 aromatic heterocycles. The second kappa shape index (κ2) is 8.08. The summed E-state index contributed by atoms with van der Waals surface area (Å²) in [5.41, 5.74) is 3.80. The van der Waals surface area contributed by atoms with E-state index in [0.717, 1.165) is 35.0 Å². The minimum absolute atomic E-state index is 0.00388. The first-order valence-corrected chi connectivity index (χ1v) is 12.0. The maximum Gasteiger partial charge on any atom is 0.277 e. The van der Waals surface area contributed by atoms with E-state index in [1.54, 1.807) is 11.3 Å². The van der Waals surface area contributed by atoms with Crippen LogP contribution in [-0.2, 0) is 12.8 Å². The number of hydrogen-bond acceptors (Lipinski definition) is 8. The molecule has 1 N–H and O–H groups in total. The van der Waals surface area contributed by atoms with Gasteiger partial charge < -0.3 is 4.42 Å². The summed E-state index contributed by atoms with van der Waals surface area (Å²) >= 11 is 3.01. The van der Waals surface area contributed by atoms with E-state index in [1.807, 2.05) is 24.5 Å². The first-order valence-electron chi connectivity index (χ1n) is 10.2. The second-order valence-corrected chi connectivity index (χ2v) is 9.98. The van der Waals surface area contributed by atoms with Gasteiger partial charge >= 0.3 is 0 Å². The summed E-state index contributed by atoms with van der Waals surface area (Å²) in [6.45, 7) is 6.13. The number of thioether (sulfide) groups is 1. The summed E-state index contributed by atoms with van der Waals surface area (Å²) in [4.78, 5) is 19.5. The van der Waals surface area contributed by atoms with Crippen molar-refractivity contribution < 1.29 is 9.21 Å². The molecule has 5 rings (SSSR count). The van der Waals surface area contributed by atoms with E-state index in [9.17, 15) is 4.79 Å². The van der Waals surface area contributed by atoms with E-state index in [0.29, 0.717) is 22.6 Å². The summed E-state index contributed by atoms with van der Waals surface area (Å²) in [5, 5.41) is 15.5. The number of fused-ring (bicyclic) bond motifs is 1. The van der Waals surface area contributed by atoms with Gasteiger partial charge in [-0.3, -0.25) is 9.36 Å². The number of H-pyrrole nitrogens is 1. The molecule has 0 radical (unpaired) electrons. The summed E-state index contributed by atoms with van der Waals surface area (Å²) in [6, 6.07) is 4.05. The van der Waals surface area contributed by atoms with Crippen LogP contribution in [0.25, 0.3) is 16.7 Å². The molecule has 1 aliphatic carbocycles. The Bertz CT molecular complexity index is 1240. The number of carbonyl (C=O) groups excluding carboxylic acids is 1. The van der Waals surface area contributed by atoms with Gasteiger partial charge in [0.05, 0.1) is 10.6 Å². The lowest BCUT2D eigenvalue weighted by Gasteiger charge is -2.16. The van der Waals surface area contributed by atoms with Crippen molar-refractivity contribution in [1.29, 1.82) is 0 Å². The van der Waals surface area contributed by atoms with Gasteiger partial charge in [-0.05, 0) is 56.7 Å². The van der Waals surface area contributed by atoms with Gasteiger partial charge in [-0.1, -0.05) is 18.7 Å². The SMILES string of the molecule is Cc1cc(C(=O)CSc2nnc(-c3cc4c(s3)CCC(C)C4)o2)c(C)n1-c1ncn[nH]1. The third-order valence-electron chi connectivity index (χ3n) is 5.62. The van der Waals surface area contributed by atoms with Gasteiger partial charge in [0, 0.05) is 21.8 Å². The molecule has 0 spiro atoms. The van der Waals surface area contributed by atoms with E-state index < -0.39 is 0 Å². The van der Waals surface area contributed by atoms with Crippen molar-refractivity contribution in [1.82, 2.24) is 29.9 Å². The van der Waals surface area contributed by atoms with E-state index in [4.69, 9.17) is 4.42 Å². The predicted molar refractivity (Wildman–Crippen MR) is 119 cm³/mol. The Morgan fingerprint density at radius 1 is 1.35 bits per heavy atom. The number of nitrogens with one attached hydrogen (secondary N) is 1. The van der Waals surface area contributed by atoms with Crippen LogP contribution in [0.2, 0.25) is 0 Å². The molecular weight excluding hydrogens is 432 g/mol. The van der Waals surface area contributed by atoms with Crippen molar-refractivity contribution in [2.75, 3.05) is 5.75 Å². The lowest BCUT2D eigenvalue weighted by Crippen LogP contribution is -2.07. The third-order valence-corrected chi connectivity index (χ3v) is 7.66. The number of Topliss-reactive ketones (excluding diaryl/α,β-unsaturated/α-hetero) is 1. The van der Waals surface area contributed by atoms with Gasteiger partial charge in [0.1, 0.15) is 6.33 Å². The molecule has 0 aromatic carbocycles. The Morgan fingerprint density at radius 2 is 2.23 bits per heavy atom. The molecule has 0 saturated carbocycles. The molecule has 4 heterocycles. The molecule has 0 fully saturated rings. The number of carbonyl (C=O) groups is 1. The maximum absolute atomic E-state index is 12.8. The highest BCUT2D eigenvalue weighted by atomic mass is 32.2. The quantitative estimate of drug-likeness (QED) is 0.340. The number of hydrogen-bond donors (Lipinski definition) is 1. The van der Waals surface area contributed by atoms with Crippen LogP contribution < -0.4 is 0 Å². The molecule has 10 heteroatoms. The zero-order chi connectivity index (χ0) is 21.5. The van der Waals surface area contributed by atoms with Crippen molar-refractivity contribution in [3.05, 3.63) is 45.9 Å². The molecule has 31 heavy (non-hydrogen) atoms. The Morgan fingerprint density at radius 3 is 3.03 bits per heavy atom. The van der Waals surface area contributed by atoms with Crippen molar-refractivity contribution in [3.8, 4) is 16.7 Å². The predicted octanol–water partition coefficient (Wildman–Crippen LogP) is 4.42. The number of aromatic nitrogens is 6. The van der Waals surface area contributed by atoms with E-state index >= 15 is 0 Å². The molecule has 0 amide bonds. The van der Waals surface area contributed by atoms with E-state index in [1.165, 1.54) is 35.0 Å². The minimum atomic E-state index is 0.00388. The molecule has 1 unspecified atom stereocenters. The summed E-state index contributed by atoms with van der Waals surface area (Å²) in [7, 11) is 0. The fourth-order valence-electron chi connectivity index (χ4n) is 4.06. The van der Waals surface area contributed by atoms with Gasteiger partial charge in [-0.15, -0.1) is 21.5 Å². The monoisotopic (exact) mass is 454 g/mol. The van der Waals surface area contributed by atoms with Crippen molar-refractivity contribution >= 4 is 28.9 Å². The van der Waals surface area contributed by atoms with Crippen molar-refractivity contribution in [2.24, 2.45) is 5.92 Å². The normalized spacial score (nSPS) is 15.9. The molecular formula is C21H22N6O2S2. The lowest BCUT2D eigenvalue weighted by atomic mass is 9.90. The summed E-state index contributed by atoms with van der Waals surface area (Å²) < 4.78 is 7.73. The van der Waals surface area contributed by atoms with Gasteiger partial charge in [-0.25, -0.2) is 5.10 Å². The first-order chi connectivity index (χ1) is 15.0. The van der Waals surface area contributed by atoms with Crippen LogP contribution >= 0.6 is 23.1 Å². The van der Waals surface area contributed by atoms with Crippen molar-refractivity contribution in [3.63, 3.8) is 0 Å². The van der Waals surface area contributed by atoms with Crippen LogP contribution in [0.15, 0.2) is 28.1 Å². The second-order valence-electron chi connectivity index (χ2n) is 7.92. The summed E-state index contributed by atoms with van der Waals surface area (Å²) in [5.74, 6) is 2.08. The molecule has 4 aromatic rings. The van der Waals surface area contributed by atoms with Gasteiger partial charge in [0.25, 0.3) is 11.1 Å². The standard InChI is InChI=1S/C21H22N6O2S2/c1-11-4-5-17-14(6-11)8-18(31-17)19-24-26-21(29-19)30-9-16(28)15-7-12(2)27(13(15)3)20-22-10-23-25-20/h7-8,10-11H,4-6,9H2,1-3H3,(H,22,23,25). The average molecular weight is 455 g/mol. The fraction of sp³-hybridized carbons (Fsp3) is 0.381. The van der Waals surface area contributed by atoms with Crippen molar-refractivity contribution in [2.45, 2.75) is 45.3 Å². The van der Waals surface area contributed by atoms with E-state index in [-0.39, 0.29) is 11.5 Å². The van der Waals surface area contributed by atoms with Crippen LogP contribution in [0.1, 0.15) is 45.5 Å². The topological polar surface area (TPSA) is 102 Å². The largest absolute Gasteiger partial charge is 0.410 e. The zero-order valence-electron chi connectivity index (χ0n) is 17.5. The average Bonchev–Trinajstić information content (AvgIpc) is 3.52. The van der Waals surface area contributed by atoms with Crippen LogP contribution in [0.5, 0.6) is 0 Å². The van der Waals surface area contributed by atoms with Gasteiger partial charge in [0.2, 0.25) is 5.95 Å². The van der Waals surface area contributed by atoms with Gasteiger partial charge in [0.15, 0.2) is 5.78 Å². The van der Waals surface area contributed by atoms with E-state index in [2.05, 4.69) is 38.4 Å². The number of rotatable bonds is 6. The number of aryl methyl sites for hydroxylation is 2. The Hall–Kier alpha value is -2.72. The Balaban J connectivity index is 1.28. The van der Waals surface area contributed by atoms with Crippen LogP contribution in [0.3, 0.4) is 0 Å². The highest BCUT2D eigenvalue weighted by Gasteiger charge is 2.22. The van der Waals surface area contributed by atoms with Crippen LogP contribution in [0.4, 0.5) is 0 Å². The minimum Gasteiger partial charge on any atom is -0.410 e. The van der Waals surface area contributed by atoms with Gasteiger partial charge in [-0.2, -0.15) is 10.1 Å².